The number of aromatic nitrogens is 2. The molecule has 1 aromatic heterocycles. The second kappa shape index (κ2) is 8.05. The molecule has 1 amide bonds. The number of amides is 1. The van der Waals surface area contributed by atoms with Gasteiger partial charge in [0.2, 0.25) is 5.91 Å². The molecule has 2 aliphatic carbocycles. The maximum absolute atomic E-state index is 12.7. The first-order valence-electron chi connectivity index (χ1n) is 10.6. The lowest BCUT2D eigenvalue weighted by Crippen LogP contribution is -2.44. The summed E-state index contributed by atoms with van der Waals surface area (Å²) < 4.78 is 39.7. The number of nitrogens with zero attached hydrogens (tertiary/aromatic N) is 3. The molecule has 0 unspecified atom stereocenters. The van der Waals surface area contributed by atoms with Crippen molar-refractivity contribution in [3.63, 3.8) is 0 Å². The summed E-state index contributed by atoms with van der Waals surface area (Å²) in [5.74, 6) is -0.230. The van der Waals surface area contributed by atoms with Crippen LogP contribution < -0.4 is 5.32 Å². The van der Waals surface area contributed by atoms with Crippen molar-refractivity contribution in [2.24, 2.45) is 5.92 Å². The molecule has 2 fully saturated rings. The van der Waals surface area contributed by atoms with Crippen LogP contribution in [-0.2, 0) is 11.2 Å². The molecular formula is C20H29F3N4O. The van der Waals surface area contributed by atoms with Crippen molar-refractivity contribution in [2.45, 2.75) is 76.0 Å². The predicted octanol–water partition coefficient (Wildman–Crippen LogP) is 3.77. The fourth-order valence-electron chi connectivity index (χ4n) is 4.96. The number of carbonyl (C=O) groups is 1. The summed E-state index contributed by atoms with van der Waals surface area (Å²) in [6, 6.07) is 0.423. The Morgan fingerprint density at radius 3 is 2.50 bits per heavy atom. The third-order valence-electron chi connectivity index (χ3n) is 6.49. The van der Waals surface area contributed by atoms with Gasteiger partial charge < -0.3 is 5.32 Å². The van der Waals surface area contributed by atoms with Crippen LogP contribution in [0.25, 0.3) is 0 Å². The topological polar surface area (TPSA) is 50.2 Å². The van der Waals surface area contributed by atoms with Crippen molar-refractivity contribution >= 4 is 5.91 Å². The number of rotatable bonds is 4. The zero-order valence-electron chi connectivity index (χ0n) is 16.2. The van der Waals surface area contributed by atoms with Gasteiger partial charge in [0.05, 0.1) is 24.3 Å². The van der Waals surface area contributed by atoms with E-state index in [1.54, 1.807) is 0 Å². The Hall–Kier alpha value is -1.57. The fraction of sp³-hybridized carbons (Fsp3) is 0.800. The summed E-state index contributed by atoms with van der Waals surface area (Å²) in [5, 5.41) is 7.99. The van der Waals surface area contributed by atoms with E-state index in [-0.39, 0.29) is 17.9 Å². The number of hydrogen-bond donors (Lipinski definition) is 1. The first-order chi connectivity index (χ1) is 13.4. The maximum Gasteiger partial charge on any atom is 0.401 e. The lowest BCUT2D eigenvalue weighted by atomic mass is 9.91. The van der Waals surface area contributed by atoms with Crippen LogP contribution in [0.2, 0.25) is 0 Å². The van der Waals surface area contributed by atoms with Crippen molar-refractivity contribution < 1.29 is 18.0 Å². The van der Waals surface area contributed by atoms with E-state index in [2.05, 4.69) is 16.2 Å². The summed E-state index contributed by atoms with van der Waals surface area (Å²) in [6.45, 7) is -0.237. The third kappa shape index (κ3) is 4.53. The molecule has 4 rings (SSSR count). The van der Waals surface area contributed by atoms with Crippen LogP contribution in [0.15, 0.2) is 6.20 Å². The van der Waals surface area contributed by atoms with Crippen LogP contribution in [0.4, 0.5) is 13.2 Å². The average molecular weight is 398 g/mol. The molecule has 28 heavy (non-hydrogen) atoms. The van der Waals surface area contributed by atoms with Crippen LogP contribution >= 0.6 is 0 Å². The van der Waals surface area contributed by atoms with E-state index in [1.807, 2.05) is 0 Å². The number of fused-ring (bicyclic) bond motifs is 1. The summed E-state index contributed by atoms with van der Waals surface area (Å²) in [7, 11) is 0. The zero-order chi connectivity index (χ0) is 19.7. The van der Waals surface area contributed by atoms with Crippen molar-refractivity contribution in [1.29, 1.82) is 0 Å². The number of nitrogens with one attached hydrogen (secondary N) is 1. The quantitative estimate of drug-likeness (QED) is 0.840. The van der Waals surface area contributed by atoms with Crippen molar-refractivity contribution in [3.05, 3.63) is 17.5 Å². The first kappa shape index (κ1) is 19.7. The second-order valence-electron chi connectivity index (χ2n) is 8.58. The molecule has 1 atom stereocenters. The van der Waals surface area contributed by atoms with Gasteiger partial charge in [0.25, 0.3) is 0 Å². The Kier molecular flexibility index (Phi) is 5.67. The summed E-state index contributed by atoms with van der Waals surface area (Å²) >= 11 is 0. The van der Waals surface area contributed by atoms with E-state index >= 15 is 0 Å². The molecule has 5 nitrogen and oxygen atoms in total. The molecule has 1 saturated carbocycles. The minimum absolute atomic E-state index is 0.0278. The molecule has 1 aromatic rings. The molecule has 2 heterocycles. The van der Waals surface area contributed by atoms with Crippen molar-refractivity contribution in [1.82, 2.24) is 20.0 Å². The van der Waals surface area contributed by atoms with Gasteiger partial charge in [-0.3, -0.25) is 14.4 Å². The number of carbonyl (C=O) groups excluding carboxylic acids is 1. The lowest BCUT2D eigenvalue weighted by Gasteiger charge is -2.32. The second-order valence-corrected chi connectivity index (χ2v) is 8.58. The van der Waals surface area contributed by atoms with E-state index in [4.69, 9.17) is 5.10 Å². The SMILES string of the molecule is O=C(N[C@@H]1CCCc2cn(C3CCCC3)nc21)C1CCN(CC(F)(F)F)CC1. The van der Waals surface area contributed by atoms with E-state index in [0.29, 0.717) is 32.0 Å². The van der Waals surface area contributed by atoms with E-state index in [0.717, 1.165) is 25.0 Å². The van der Waals surface area contributed by atoms with E-state index in [9.17, 15) is 18.0 Å². The highest BCUT2D eigenvalue weighted by atomic mass is 19.4. The molecule has 0 aromatic carbocycles. The van der Waals surface area contributed by atoms with Crippen LogP contribution in [-0.4, -0.2) is 46.4 Å². The minimum Gasteiger partial charge on any atom is -0.347 e. The highest BCUT2D eigenvalue weighted by Gasteiger charge is 2.35. The molecule has 1 N–H and O–H groups in total. The average Bonchev–Trinajstić information content (AvgIpc) is 3.31. The largest absolute Gasteiger partial charge is 0.401 e. The summed E-state index contributed by atoms with van der Waals surface area (Å²) in [4.78, 5) is 14.1. The van der Waals surface area contributed by atoms with Gasteiger partial charge in [0.1, 0.15) is 0 Å². The minimum atomic E-state index is -4.17. The van der Waals surface area contributed by atoms with Gasteiger partial charge in [-0.15, -0.1) is 0 Å². The van der Waals surface area contributed by atoms with Crippen molar-refractivity contribution in [3.8, 4) is 0 Å². The highest BCUT2D eigenvalue weighted by Crippen LogP contribution is 2.34. The molecule has 0 bridgehead atoms. The molecule has 0 spiro atoms. The molecule has 0 radical (unpaired) electrons. The Morgan fingerprint density at radius 1 is 1.11 bits per heavy atom. The van der Waals surface area contributed by atoms with Gasteiger partial charge in [0, 0.05) is 12.1 Å². The first-order valence-corrected chi connectivity index (χ1v) is 10.6. The van der Waals surface area contributed by atoms with Gasteiger partial charge in [-0.25, -0.2) is 0 Å². The van der Waals surface area contributed by atoms with Crippen LogP contribution in [0.5, 0.6) is 0 Å². The van der Waals surface area contributed by atoms with Crippen LogP contribution in [0.1, 0.15) is 74.7 Å². The fourth-order valence-corrected chi connectivity index (χ4v) is 4.96. The van der Waals surface area contributed by atoms with Crippen molar-refractivity contribution in [2.75, 3.05) is 19.6 Å². The Bertz CT molecular complexity index is 688. The Balaban J connectivity index is 1.34. The molecular weight excluding hydrogens is 369 g/mol. The normalized spacial score (nSPS) is 25.0. The van der Waals surface area contributed by atoms with Gasteiger partial charge in [-0.05, 0) is 63.6 Å². The number of hydrogen-bond acceptors (Lipinski definition) is 3. The van der Waals surface area contributed by atoms with Crippen LogP contribution in [0.3, 0.4) is 0 Å². The molecule has 156 valence electrons. The van der Waals surface area contributed by atoms with Gasteiger partial charge >= 0.3 is 6.18 Å². The van der Waals surface area contributed by atoms with Gasteiger partial charge in [-0.2, -0.15) is 18.3 Å². The van der Waals surface area contributed by atoms with Crippen LogP contribution in [0, 0.1) is 5.92 Å². The zero-order valence-corrected chi connectivity index (χ0v) is 16.2. The molecule has 1 saturated heterocycles. The third-order valence-corrected chi connectivity index (χ3v) is 6.49. The van der Waals surface area contributed by atoms with E-state index in [1.165, 1.54) is 36.1 Å². The predicted molar refractivity (Wildman–Crippen MR) is 98.8 cm³/mol. The molecule has 8 heteroatoms. The number of halogens is 3. The maximum atomic E-state index is 12.7. The Morgan fingerprint density at radius 2 is 1.82 bits per heavy atom. The van der Waals surface area contributed by atoms with Gasteiger partial charge in [0.15, 0.2) is 0 Å². The number of alkyl halides is 3. The smallest absolute Gasteiger partial charge is 0.347 e. The standard InChI is InChI=1S/C20H29F3N4O/c21-20(22,23)13-26-10-8-14(9-11-26)19(28)24-17-7-3-4-15-12-27(25-18(15)17)16-5-1-2-6-16/h12,14,16-17H,1-11,13H2,(H,24,28)/t17-/m1/s1. The number of likely N-dealkylation sites (tertiary alicyclic amines) is 1. The van der Waals surface area contributed by atoms with Gasteiger partial charge in [-0.1, -0.05) is 12.8 Å². The molecule has 3 aliphatic rings. The number of aryl methyl sites for hydroxylation is 1. The summed E-state index contributed by atoms with van der Waals surface area (Å²) in [6.07, 6.45) is 6.73. The van der Waals surface area contributed by atoms with E-state index < -0.39 is 12.7 Å². The Labute approximate surface area is 163 Å². The lowest BCUT2D eigenvalue weighted by molar-refractivity contribution is -0.149. The molecule has 1 aliphatic heterocycles. The summed E-state index contributed by atoms with van der Waals surface area (Å²) in [5.41, 5.74) is 2.24. The highest BCUT2D eigenvalue weighted by molar-refractivity contribution is 5.79. The monoisotopic (exact) mass is 398 g/mol. The number of piperidine rings is 1.